The molecule has 5 heteroatoms. The fraction of sp³-hybridized carbons (Fsp3) is 0.500. The summed E-state index contributed by atoms with van der Waals surface area (Å²) in [6.45, 7) is 2.77. The van der Waals surface area contributed by atoms with Gasteiger partial charge in [-0.25, -0.2) is 0 Å². The minimum absolute atomic E-state index is 0. The predicted molar refractivity (Wildman–Crippen MR) is 69.9 cm³/mol. The van der Waals surface area contributed by atoms with Crippen molar-refractivity contribution in [2.45, 2.75) is 6.54 Å². The Bertz CT molecular complexity index is 280. The first-order valence-corrected chi connectivity index (χ1v) is 5.39. The average molecular weight is 262 g/mol. The molecule has 0 saturated heterocycles. The molecule has 0 fully saturated rings. The molecular formula is C12H20ClNO3. The van der Waals surface area contributed by atoms with Crippen LogP contribution in [0.1, 0.15) is 5.56 Å². The van der Waals surface area contributed by atoms with E-state index in [1.54, 1.807) is 7.11 Å². The second-order valence-electron chi connectivity index (χ2n) is 3.39. The maximum Gasteiger partial charge on any atom is 0.119 e. The highest BCUT2D eigenvalue weighted by atomic mass is 35.5. The van der Waals surface area contributed by atoms with Gasteiger partial charge in [0.15, 0.2) is 0 Å². The zero-order valence-electron chi connectivity index (χ0n) is 10.0. The Hall–Kier alpha value is -0.810. The maximum atomic E-state index is 8.60. The molecule has 0 aliphatic carbocycles. The topological polar surface area (TPSA) is 50.7 Å². The van der Waals surface area contributed by atoms with Crippen molar-refractivity contribution in [1.29, 1.82) is 0 Å². The maximum absolute atomic E-state index is 8.60. The predicted octanol–water partition coefficient (Wildman–Crippen LogP) is 1.22. The van der Waals surface area contributed by atoms with Crippen LogP contribution in [-0.4, -0.2) is 38.6 Å². The Kier molecular flexibility index (Phi) is 9.86. The molecule has 0 amide bonds. The number of aliphatic hydroxyl groups excluding tert-OH is 1. The fourth-order valence-electron chi connectivity index (χ4n) is 1.27. The lowest BCUT2D eigenvalue weighted by molar-refractivity contribution is 0.199. The smallest absolute Gasteiger partial charge is 0.119 e. The summed E-state index contributed by atoms with van der Waals surface area (Å²) < 4.78 is 10.2. The van der Waals surface area contributed by atoms with Gasteiger partial charge >= 0.3 is 0 Å². The van der Waals surface area contributed by atoms with Gasteiger partial charge < -0.3 is 19.9 Å². The molecule has 0 unspecified atom stereocenters. The first-order valence-electron chi connectivity index (χ1n) is 5.39. The number of ether oxygens (including phenoxy) is 2. The van der Waals surface area contributed by atoms with Crippen molar-refractivity contribution in [2.75, 3.05) is 33.5 Å². The van der Waals surface area contributed by atoms with E-state index in [0.29, 0.717) is 6.61 Å². The van der Waals surface area contributed by atoms with Gasteiger partial charge in [0.05, 0.1) is 13.2 Å². The van der Waals surface area contributed by atoms with Gasteiger partial charge in [-0.2, -0.15) is 0 Å². The Balaban J connectivity index is 0.00000256. The van der Waals surface area contributed by atoms with Gasteiger partial charge in [0.25, 0.3) is 0 Å². The molecule has 0 spiro atoms. The second kappa shape index (κ2) is 10.4. The molecule has 0 saturated carbocycles. The number of methoxy groups -OCH3 is 1. The number of benzene rings is 1. The summed E-state index contributed by atoms with van der Waals surface area (Å²) in [6.07, 6.45) is 0. The molecule has 4 nitrogen and oxygen atoms in total. The van der Waals surface area contributed by atoms with Gasteiger partial charge in [-0.3, -0.25) is 0 Å². The molecule has 1 rings (SSSR count). The van der Waals surface area contributed by atoms with Gasteiger partial charge in [-0.15, -0.1) is 12.4 Å². The lowest BCUT2D eigenvalue weighted by atomic mass is 10.2. The molecule has 2 N–H and O–H groups in total. The summed E-state index contributed by atoms with van der Waals surface area (Å²) in [5, 5.41) is 11.9. The number of halogens is 1. The van der Waals surface area contributed by atoms with Crippen LogP contribution in [0.2, 0.25) is 0 Å². The fourth-order valence-corrected chi connectivity index (χ4v) is 1.27. The van der Waals surface area contributed by atoms with E-state index in [2.05, 4.69) is 5.32 Å². The van der Waals surface area contributed by atoms with Crippen LogP contribution in [0, 0.1) is 0 Å². The summed E-state index contributed by atoms with van der Waals surface area (Å²) in [4.78, 5) is 0. The van der Waals surface area contributed by atoms with Crippen LogP contribution in [-0.2, 0) is 11.3 Å². The van der Waals surface area contributed by atoms with Crippen molar-refractivity contribution >= 4 is 12.4 Å². The van der Waals surface area contributed by atoms with E-state index in [1.165, 1.54) is 5.56 Å². The zero-order chi connectivity index (χ0) is 11.6. The van der Waals surface area contributed by atoms with Gasteiger partial charge in [0.1, 0.15) is 12.4 Å². The van der Waals surface area contributed by atoms with Crippen LogP contribution in [0.3, 0.4) is 0 Å². The van der Waals surface area contributed by atoms with E-state index in [9.17, 15) is 0 Å². The molecule has 0 aliphatic rings. The van der Waals surface area contributed by atoms with E-state index in [4.69, 9.17) is 14.6 Å². The number of nitrogens with one attached hydrogen (secondary N) is 1. The molecule has 0 aliphatic heterocycles. The summed E-state index contributed by atoms with van der Waals surface area (Å²) in [7, 11) is 1.69. The van der Waals surface area contributed by atoms with Crippen LogP contribution >= 0.6 is 12.4 Å². The van der Waals surface area contributed by atoms with E-state index in [0.717, 1.165) is 25.4 Å². The van der Waals surface area contributed by atoms with E-state index in [-0.39, 0.29) is 19.0 Å². The quantitative estimate of drug-likeness (QED) is 0.691. The summed E-state index contributed by atoms with van der Waals surface area (Å²) in [6, 6.07) is 7.82. The SMILES string of the molecule is COCCNCc1ccc(OCCO)cc1.Cl. The minimum Gasteiger partial charge on any atom is -0.491 e. The van der Waals surface area contributed by atoms with Crippen molar-refractivity contribution in [3.05, 3.63) is 29.8 Å². The molecule has 0 atom stereocenters. The van der Waals surface area contributed by atoms with Crippen molar-refractivity contribution in [1.82, 2.24) is 5.32 Å². The molecule has 0 radical (unpaired) electrons. The molecule has 1 aromatic carbocycles. The second-order valence-corrected chi connectivity index (χ2v) is 3.39. The van der Waals surface area contributed by atoms with Gasteiger partial charge in [-0.05, 0) is 17.7 Å². The normalized spacial score (nSPS) is 9.76. The molecule has 0 heterocycles. The lowest BCUT2D eigenvalue weighted by Crippen LogP contribution is -2.18. The van der Waals surface area contributed by atoms with Crippen LogP contribution in [0.4, 0.5) is 0 Å². The van der Waals surface area contributed by atoms with Crippen LogP contribution in [0.25, 0.3) is 0 Å². The van der Waals surface area contributed by atoms with Crippen LogP contribution in [0.15, 0.2) is 24.3 Å². The molecule has 1 aromatic rings. The minimum atomic E-state index is 0. The van der Waals surface area contributed by atoms with Gasteiger partial charge in [0.2, 0.25) is 0 Å². The Labute approximate surface area is 108 Å². The number of hydrogen-bond donors (Lipinski definition) is 2. The first kappa shape index (κ1) is 16.2. The summed E-state index contributed by atoms with van der Waals surface area (Å²) in [5.41, 5.74) is 1.20. The number of rotatable bonds is 8. The van der Waals surface area contributed by atoms with Crippen molar-refractivity contribution in [3.8, 4) is 5.75 Å². The highest BCUT2D eigenvalue weighted by molar-refractivity contribution is 5.85. The Morgan fingerprint density at radius 2 is 1.88 bits per heavy atom. The van der Waals surface area contributed by atoms with E-state index < -0.39 is 0 Å². The summed E-state index contributed by atoms with van der Waals surface area (Å²) >= 11 is 0. The van der Waals surface area contributed by atoms with E-state index >= 15 is 0 Å². The zero-order valence-corrected chi connectivity index (χ0v) is 10.8. The third-order valence-corrected chi connectivity index (χ3v) is 2.10. The third kappa shape index (κ3) is 7.18. The van der Waals surface area contributed by atoms with Crippen LogP contribution < -0.4 is 10.1 Å². The van der Waals surface area contributed by atoms with Crippen LogP contribution in [0.5, 0.6) is 5.75 Å². The van der Waals surface area contributed by atoms with Crippen molar-refractivity contribution < 1.29 is 14.6 Å². The Morgan fingerprint density at radius 1 is 1.18 bits per heavy atom. The highest BCUT2D eigenvalue weighted by Crippen LogP contribution is 2.11. The highest BCUT2D eigenvalue weighted by Gasteiger charge is 1.95. The van der Waals surface area contributed by atoms with E-state index in [1.807, 2.05) is 24.3 Å². The summed E-state index contributed by atoms with van der Waals surface area (Å²) in [5.74, 6) is 0.787. The average Bonchev–Trinajstić information content (AvgIpc) is 2.33. The van der Waals surface area contributed by atoms with Gasteiger partial charge in [0, 0.05) is 20.2 Å². The molecular weight excluding hydrogens is 242 g/mol. The van der Waals surface area contributed by atoms with Gasteiger partial charge in [-0.1, -0.05) is 12.1 Å². The molecule has 0 bridgehead atoms. The number of hydrogen-bond acceptors (Lipinski definition) is 4. The number of aliphatic hydroxyl groups is 1. The monoisotopic (exact) mass is 261 g/mol. The molecule has 98 valence electrons. The largest absolute Gasteiger partial charge is 0.491 e. The van der Waals surface area contributed by atoms with Crippen molar-refractivity contribution in [3.63, 3.8) is 0 Å². The standard InChI is InChI=1S/C12H19NO3.ClH/c1-15-8-6-13-10-11-2-4-12(5-3-11)16-9-7-14;/h2-5,13-14H,6-10H2,1H3;1H. The molecule has 17 heavy (non-hydrogen) atoms. The third-order valence-electron chi connectivity index (χ3n) is 2.10. The Morgan fingerprint density at radius 3 is 2.47 bits per heavy atom. The molecule has 0 aromatic heterocycles. The van der Waals surface area contributed by atoms with Crippen molar-refractivity contribution in [2.24, 2.45) is 0 Å². The first-order chi connectivity index (χ1) is 7.86. The lowest BCUT2D eigenvalue weighted by Gasteiger charge is -2.06.